The van der Waals surface area contributed by atoms with Crippen LogP contribution in [0.25, 0.3) is 0 Å². The zero-order chi connectivity index (χ0) is 10.1. The van der Waals surface area contributed by atoms with E-state index in [0.717, 1.165) is 11.8 Å². The molecule has 0 saturated heterocycles. The molecule has 2 rings (SSSR count). The Bertz CT molecular complexity index is 307. The third-order valence-corrected chi connectivity index (χ3v) is 3.47. The van der Waals surface area contributed by atoms with Crippen LogP contribution in [0.1, 0.15) is 39.2 Å². The van der Waals surface area contributed by atoms with Gasteiger partial charge in [-0.25, -0.2) is 9.67 Å². The number of nitrogens with zero attached hydrogens (tertiary/aromatic N) is 3. The van der Waals surface area contributed by atoms with Gasteiger partial charge in [-0.2, -0.15) is 0 Å². The topological polar surface area (TPSA) is 56.7 Å². The van der Waals surface area contributed by atoms with Crippen molar-refractivity contribution < 1.29 is 0 Å². The number of rotatable bonds is 1. The summed E-state index contributed by atoms with van der Waals surface area (Å²) in [5.74, 6) is 2.00. The fourth-order valence-corrected chi connectivity index (χ4v) is 2.22. The predicted molar refractivity (Wildman–Crippen MR) is 55.7 cm³/mol. The number of hydrogen-bond donors (Lipinski definition) is 1. The molecular weight excluding hydrogens is 176 g/mol. The van der Waals surface area contributed by atoms with Gasteiger partial charge < -0.3 is 5.73 Å². The molecule has 78 valence electrons. The van der Waals surface area contributed by atoms with Gasteiger partial charge in [-0.15, -0.1) is 5.10 Å². The van der Waals surface area contributed by atoms with E-state index in [2.05, 4.69) is 23.9 Å². The second-order valence-electron chi connectivity index (χ2n) is 4.50. The largest absolute Gasteiger partial charge is 0.367 e. The van der Waals surface area contributed by atoms with E-state index in [1.165, 1.54) is 19.3 Å². The molecule has 4 nitrogen and oxygen atoms in total. The van der Waals surface area contributed by atoms with Crippen molar-refractivity contribution in [1.29, 1.82) is 0 Å². The zero-order valence-corrected chi connectivity index (χ0v) is 8.85. The lowest BCUT2D eigenvalue weighted by molar-refractivity contribution is 0.201. The molecule has 0 amide bonds. The molecule has 4 heteroatoms. The molecule has 1 saturated carbocycles. The van der Waals surface area contributed by atoms with Gasteiger partial charge >= 0.3 is 0 Å². The number of aromatic nitrogens is 3. The van der Waals surface area contributed by atoms with Gasteiger partial charge in [-0.3, -0.25) is 0 Å². The summed E-state index contributed by atoms with van der Waals surface area (Å²) in [5, 5.41) is 4.18. The van der Waals surface area contributed by atoms with Crippen LogP contribution in [-0.2, 0) is 0 Å². The Balaban J connectivity index is 2.06. The Hall–Kier alpha value is -1.06. The molecular formula is C10H18N4. The maximum Gasteiger partial charge on any atom is 0.239 e. The molecule has 0 radical (unpaired) electrons. The smallest absolute Gasteiger partial charge is 0.239 e. The summed E-state index contributed by atoms with van der Waals surface area (Å²) >= 11 is 0. The highest BCUT2D eigenvalue weighted by Crippen LogP contribution is 2.35. The fourth-order valence-electron chi connectivity index (χ4n) is 2.22. The van der Waals surface area contributed by atoms with Gasteiger partial charge in [0.2, 0.25) is 5.95 Å². The number of hydrogen-bond acceptors (Lipinski definition) is 3. The molecule has 0 aliphatic heterocycles. The highest BCUT2D eigenvalue weighted by molar-refractivity contribution is 5.09. The first kappa shape index (κ1) is 9.49. The van der Waals surface area contributed by atoms with E-state index in [1.54, 1.807) is 6.33 Å². The van der Waals surface area contributed by atoms with E-state index in [-0.39, 0.29) is 0 Å². The third kappa shape index (κ3) is 1.74. The molecule has 1 aromatic rings. The lowest BCUT2D eigenvalue weighted by atomic mass is 9.79. The lowest BCUT2D eigenvalue weighted by Gasteiger charge is -2.31. The summed E-state index contributed by atoms with van der Waals surface area (Å²) in [6.45, 7) is 4.65. The maximum absolute atomic E-state index is 5.50. The maximum atomic E-state index is 5.50. The van der Waals surface area contributed by atoms with Crippen molar-refractivity contribution in [3.05, 3.63) is 6.33 Å². The van der Waals surface area contributed by atoms with Gasteiger partial charge in [-0.05, 0) is 31.1 Å². The number of nitrogen functional groups attached to an aromatic ring is 1. The lowest BCUT2D eigenvalue weighted by Crippen LogP contribution is -2.23. The van der Waals surface area contributed by atoms with Gasteiger partial charge in [-0.1, -0.05) is 13.8 Å². The Morgan fingerprint density at radius 1 is 1.36 bits per heavy atom. The average Bonchev–Trinajstić information content (AvgIpc) is 2.57. The van der Waals surface area contributed by atoms with E-state index in [0.29, 0.717) is 12.0 Å². The van der Waals surface area contributed by atoms with E-state index in [9.17, 15) is 0 Å². The van der Waals surface area contributed by atoms with Gasteiger partial charge in [0.1, 0.15) is 6.33 Å². The van der Waals surface area contributed by atoms with Crippen molar-refractivity contribution >= 4 is 5.95 Å². The summed E-state index contributed by atoms with van der Waals surface area (Å²) in [7, 11) is 0. The highest BCUT2D eigenvalue weighted by Gasteiger charge is 2.26. The molecule has 1 aromatic heterocycles. The van der Waals surface area contributed by atoms with Crippen LogP contribution in [0.5, 0.6) is 0 Å². The van der Waals surface area contributed by atoms with E-state index in [4.69, 9.17) is 5.73 Å². The molecule has 3 atom stereocenters. The molecule has 1 heterocycles. The molecule has 2 N–H and O–H groups in total. The van der Waals surface area contributed by atoms with E-state index in [1.807, 2.05) is 4.68 Å². The second kappa shape index (κ2) is 3.59. The van der Waals surface area contributed by atoms with Crippen LogP contribution in [0, 0.1) is 11.8 Å². The summed E-state index contributed by atoms with van der Waals surface area (Å²) in [4.78, 5) is 3.97. The minimum absolute atomic E-state index is 0.385. The molecule has 0 spiro atoms. The van der Waals surface area contributed by atoms with Crippen molar-refractivity contribution in [2.45, 2.75) is 39.2 Å². The summed E-state index contributed by atoms with van der Waals surface area (Å²) in [6, 6.07) is 0.506. The fraction of sp³-hybridized carbons (Fsp3) is 0.800. The molecule has 14 heavy (non-hydrogen) atoms. The van der Waals surface area contributed by atoms with Crippen LogP contribution in [0.2, 0.25) is 0 Å². The van der Waals surface area contributed by atoms with Crippen LogP contribution < -0.4 is 5.73 Å². The van der Waals surface area contributed by atoms with Gasteiger partial charge in [0.15, 0.2) is 0 Å². The van der Waals surface area contributed by atoms with Crippen LogP contribution in [0.4, 0.5) is 5.95 Å². The summed E-state index contributed by atoms with van der Waals surface area (Å²) in [5.41, 5.74) is 5.50. The highest BCUT2D eigenvalue weighted by atomic mass is 15.4. The van der Waals surface area contributed by atoms with Crippen molar-refractivity contribution in [1.82, 2.24) is 14.8 Å². The summed E-state index contributed by atoms with van der Waals surface area (Å²) < 4.78 is 1.93. The monoisotopic (exact) mass is 194 g/mol. The van der Waals surface area contributed by atoms with Crippen molar-refractivity contribution in [3.8, 4) is 0 Å². The minimum atomic E-state index is 0.385. The Morgan fingerprint density at radius 3 is 2.71 bits per heavy atom. The zero-order valence-electron chi connectivity index (χ0n) is 8.85. The van der Waals surface area contributed by atoms with E-state index >= 15 is 0 Å². The second-order valence-corrected chi connectivity index (χ2v) is 4.50. The summed E-state index contributed by atoms with van der Waals surface area (Å²) in [6.07, 6.45) is 5.44. The van der Waals surface area contributed by atoms with Gasteiger partial charge in [0, 0.05) is 0 Å². The quantitative estimate of drug-likeness (QED) is 0.742. The molecule has 1 fully saturated rings. The molecule has 0 aromatic carbocycles. The number of nitrogens with two attached hydrogens (primary N) is 1. The Morgan fingerprint density at radius 2 is 2.14 bits per heavy atom. The molecule has 3 unspecified atom stereocenters. The third-order valence-electron chi connectivity index (χ3n) is 3.47. The first-order valence-electron chi connectivity index (χ1n) is 5.33. The van der Waals surface area contributed by atoms with Crippen LogP contribution >= 0.6 is 0 Å². The van der Waals surface area contributed by atoms with Gasteiger partial charge in [0.25, 0.3) is 0 Å². The van der Waals surface area contributed by atoms with Crippen LogP contribution in [0.3, 0.4) is 0 Å². The Kier molecular flexibility index (Phi) is 2.44. The standard InChI is InChI=1S/C10H18N4/c1-7-3-4-9(5-8(7)2)14-6-12-10(11)13-14/h6-9H,3-5H2,1-2H3,(H2,11,13). The van der Waals surface area contributed by atoms with Crippen LogP contribution in [-0.4, -0.2) is 14.8 Å². The SMILES string of the molecule is CC1CCC(n2cnc(N)n2)CC1C. The molecule has 1 aliphatic rings. The normalized spacial score (nSPS) is 33.1. The van der Waals surface area contributed by atoms with E-state index < -0.39 is 0 Å². The van der Waals surface area contributed by atoms with Crippen molar-refractivity contribution in [3.63, 3.8) is 0 Å². The first-order chi connectivity index (χ1) is 6.66. The van der Waals surface area contributed by atoms with Gasteiger partial charge in [0.05, 0.1) is 6.04 Å². The predicted octanol–water partition coefficient (Wildman–Crippen LogP) is 1.86. The van der Waals surface area contributed by atoms with Crippen LogP contribution in [0.15, 0.2) is 6.33 Å². The number of anilines is 1. The van der Waals surface area contributed by atoms with Crippen molar-refractivity contribution in [2.24, 2.45) is 11.8 Å². The minimum Gasteiger partial charge on any atom is -0.367 e. The van der Waals surface area contributed by atoms with Crippen molar-refractivity contribution in [2.75, 3.05) is 5.73 Å². The first-order valence-corrected chi connectivity index (χ1v) is 5.33. The Labute approximate surface area is 84.5 Å². The molecule has 1 aliphatic carbocycles. The average molecular weight is 194 g/mol. The molecule has 0 bridgehead atoms.